The number of aromatic nitrogens is 2. The highest BCUT2D eigenvalue weighted by molar-refractivity contribution is 5.94. The molecule has 1 unspecified atom stereocenters. The molecular formula is C20H25FN4O2. The quantitative estimate of drug-likeness (QED) is 0.784. The molecular weight excluding hydrogens is 347 g/mol. The number of carbonyl (C=O) groups excluding carboxylic acids is 2. The number of hydrogen-bond acceptors (Lipinski definition) is 3. The number of fused-ring (bicyclic) bond motifs is 1. The maximum Gasteiger partial charge on any atom is 0.272 e. The summed E-state index contributed by atoms with van der Waals surface area (Å²) >= 11 is 0. The van der Waals surface area contributed by atoms with E-state index in [1.54, 1.807) is 22.9 Å². The Morgan fingerprint density at radius 1 is 1.30 bits per heavy atom. The third kappa shape index (κ3) is 4.18. The van der Waals surface area contributed by atoms with Gasteiger partial charge in [0.1, 0.15) is 11.5 Å². The maximum absolute atomic E-state index is 14.2. The minimum atomic E-state index is -0.372. The van der Waals surface area contributed by atoms with Crippen molar-refractivity contribution < 1.29 is 14.0 Å². The van der Waals surface area contributed by atoms with E-state index in [1.165, 1.54) is 6.07 Å². The summed E-state index contributed by atoms with van der Waals surface area (Å²) < 4.78 is 15.7. The first-order valence-corrected chi connectivity index (χ1v) is 9.44. The van der Waals surface area contributed by atoms with Gasteiger partial charge in [-0.05, 0) is 44.7 Å². The second kappa shape index (κ2) is 8.33. The first-order valence-electron chi connectivity index (χ1n) is 9.44. The average Bonchev–Trinajstić information content (AvgIpc) is 3.24. The summed E-state index contributed by atoms with van der Waals surface area (Å²) in [4.78, 5) is 24.4. The van der Waals surface area contributed by atoms with Crippen LogP contribution in [0.4, 0.5) is 4.39 Å². The number of rotatable bonds is 7. The second-order valence-corrected chi connectivity index (χ2v) is 6.87. The number of carbonyl (C=O) groups is 2. The standard InChI is InChI=1S/C20H25FN4O2/c1-3-13(2)23-18(26)11-12-22-20(27)19-14-7-6-10-16(14)25(24-19)17-9-5-4-8-15(17)21/h4-5,8-9,13H,3,6-7,10-12H2,1-2H3,(H,22,27)(H,23,26). The van der Waals surface area contributed by atoms with E-state index >= 15 is 0 Å². The Bertz CT molecular complexity index is 847. The molecule has 0 saturated carbocycles. The number of benzene rings is 1. The van der Waals surface area contributed by atoms with Gasteiger partial charge in [0.05, 0.1) is 0 Å². The van der Waals surface area contributed by atoms with E-state index in [0.717, 1.165) is 36.9 Å². The third-order valence-electron chi connectivity index (χ3n) is 4.88. The summed E-state index contributed by atoms with van der Waals surface area (Å²) in [5.41, 5.74) is 2.44. The van der Waals surface area contributed by atoms with Crippen molar-refractivity contribution in [2.24, 2.45) is 0 Å². The number of amides is 2. The van der Waals surface area contributed by atoms with Gasteiger partial charge in [-0.15, -0.1) is 0 Å². The molecule has 7 heteroatoms. The highest BCUT2D eigenvalue weighted by atomic mass is 19.1. The Labute approximate surface area is 158 Å². The molecule has 144 valence electrons. The summed E-state index contributed by atoms with van der Waals surface area (Å²) in [7, 11) is 0. The van der Waals surface area contributed by atoms with Crippen LogP contribution < -0.4 is 10.6 Å². The normalized spacial score (nSPS) is 13.9. The van der Waals surface area contributed by atoms with Crippen molar-refractivity contribution in [3.05, 3.63) is 47.0 Å². The summed E-state index contributed by atoms with van der Waals surface area (Å²) in [6.45, 7) is 4.18. The summed E-state index contributed by atoms with van der Waals surface area (Å²) in [5.74, 6) is -0.783. The van der Waals surface area contributed by atoms with Crippen LogP contribution in [-0.4, -0.2) is 34.2 Å². The largest absolute Gasteiger partial charge is 0.354 e. The molecule has 2 amide bonds. The Morgan fingerprint density at radius 2 is 2.07 bits per heavy atom. The molecule has 1 aromatic carbocycles. The summed E-state index contributed by atoms with van der Waals surface area (Å²) in [6, 6.07) is 6.53. The van der Waals surface area contributed by atoms with E-state index < -0.39 is 0 Å². The molecule has 0 radical (unpaired) electrons. The summed E-state index contributed by atoms with van der Waals surface area (Å²) in [6.07, 6.45) is 3.51. The number of halogens is 1. The van der Waals surface area contributed by atoms with Crippen LogP contribution in [-0.2, 0) is 17.6 Å². The van der Waals surface area contributed by atoms with E-state index in [0.29, 0.717) is 11.4 Å². The van der Waals surface area contributed by atoms with E-state index in [1.807, 2.05) is 13.8 Å². The first kappa shape index (κ1) is 19.1. The average molecular weight is 372 g/mol. The van der Waals surface area contributed by atoms with Crippen molar-refractivity contribution in [3.63, 3.8) is 0 Å². The predicted molar refractivity (Wildman–Crippen MR) is 100 cm³/mol. The Hall–Kier alpha value is -2.70. The molecule has 2 aromatic rings. The van der Waals surface area contributed by atoms with Crippen molar-refractivity contribution >= 4 is 11.8 Å². The first-order chi connectivity index (χ1) is 13.0. The molecule has 1 aliphatic rings. The van der Waals surface area contributed by atoms with Crippen molar-refractivity contribution in [1.82, 2.24) is 20.4 Å². The zero-order valence-electron chi connectivity index (χ0n) is 15.7. The lowest BCUT2D eigenvalue weighted by atomic mass is 10.2. The van der Waals surface area contributed by atoms with Gasteiger partial charge < -0.3 is 10.6 Å². The fourth-order valence-electron chi connectivity index (χ4n) is 3.26. The second-order valence-electron chi connectivity index (χ2n) is 6.87. The lowest BCUT2D eigenvalue weighted by molar-refractivity contribution is -0.121. The van der Waals surface area contributed by atoms with Gasteiger partial charge in [-0.2, -0.15) is 5.10 Å². The Morgan fingerprint density at radius 3 is 2.81 bits per heavy atom. The van der Waals surface area contributed by atoms with Crippen molar-refractivity contribution in [3.8, 4) is 5.69 Å². The molecule has 27 heavy (non-hydrogen) atoms. The van der Waals surface area contributed by atoms with Gasteiger partial charge in [-0.3, -0.25) is 9.59 Å². The van der Waals surface area contributed by atoms with Gasteiger partial charge in [-0.25, -0.2) is 9.07 Å². The minimum Gasteiger partial charge on any atom is -0.354 e. The number of hydrogen-bond donors (Lipinski definition) is 2. The minimum absolute atomic E-state index is 0.0910. The predicted octanol–water partition coefficient (Wildman–Crippen LogP) is 2.53. The van der Waals surface area contributed by atoms with Crippen LogP contribution in [0.25, 0.3) is 5.69 Å². The molecule has 3 rings (SSSR count). The smallest absolute Gasteiger partial charge is 0.272 e. The lowest BCUT2D eigenvalue weighted by Crippen LogP contribution is -2.35. The van der Waals surface area contributed by atoms with E-state index in [-0.39, 0.29) is 36.6 Å². The fourth-order valence-corrected chi connectivity index (χ4v) is 3.26. The molecule has 1 atom stereocenters. The lowest BCUT2D eigenvalue weighted by Gasteiger charge is -2.11. The van der Waals surface area contributed by atoms with E-state index in [9.17, 15) is 14.0 Å². The van der Waals surface area contributed by atoms with Crippen molar-refractivity contribution in [2.75, 3.05) is 6.54 Å². The van der Waals surface area contributed by atoms with Gasteiger partial charge in [0.2, 0.25) is 5.91 Å². The Kier molecular flexibility index (Phi) is 5.88. The fraction of sp³-hybridized carbons (Fsp3) is 0.450. The maximum atomic E-state index is 14.2. The molecule has 6 nitrogen and oxygen atoms in total. The number of nitrogens with one attached hydrogen (secondary N) is 2. The van der Waals surface area contributed by atoms with Crippen LogP contribution in [0.15, 0.2) is 24.3 Å². The van der Waals surface area contributed by atoms with Gasteiger partial charge in [0, 0.05) is 30.3 Å². The van der Waals surface area contributed by atoms with E-state index in [4.69, 9.17) is 0 Å². The molecule has 1 aromatic heterocycles. The molecule has 0 saturated heterocycles. The van der Waals surface area contributed by atoms with Crippen molar-refractivity contribution in [1.29, 1.82) is 0 Å². The zero-order chi connectivity index (χ0) is 19.4. The molecule has 0 bridgehead atoms. The van der Waals surface area contributed by atoms with Crippen LogP contribution in [0, 0.1) is 5.82 Å². The van der Waals surface area contributed by atoms with Crippen molar-refractivity contribution in [2.45, 2.75) is 52.0 Å². The van der Waals surface area contributed by atoms with Crippen LogP contribution in [0.3, 0.4) is 0 Å². The monoisotopic (exact) mass is 372 g/mol. The highest BCUT2D eigenvalue weighted by Crippen LogP contribution is 2.28. The third-order valence-corrected chi connectivity index (χ3v) is 4.88. The molecule has 1 heterocycles. The molecule has 0 aliphatic heterocycles. The van der Waals surface area contributed by atoms with Gasteiger partial charge in [0.15, 0.2) is 5.69 Å². The molecule has 2 N–H and O–H groups in total. The van der Waals surface area contributed by atoms with Gasteiger partial charge in [0.25, 0.3) is 5.91 Å². The molecule has 0 spiro atoms. The van der Waals surface area contributed by atoms with Gasteiger partial charge in [-0.1, -0.05) is 19.1 Å². The van der Waals surface area contributed by atoms with Crippen LogP contribution in [0.5, 0.6) is 0 Å². The SMILES string of the molecule is CCC(C)NC(=O)CCNC(=O)c1nn(-c2ccccc2F)c2c1CCC2. The van der Waals surface area contributed by atoms with Crippen LogP contribution in [0.2, 0.25) is 0 Å². The van der Waals surface area contributed by atoms with E-state index in [2.05, 4.69) is 15.7 Å². The highest BCUT2D eigenvalue weighted by Gasteiger charge is 2.27. The topological polar surface area (TPSA) is 76.0 Å². The number of nitrogens with zero attached hydrogens (tertiary/aromatic N) is 2. The van der Waals surface area contributed by atoms with Gasteiger partial charge >= 0.3 is 0 Å². The Balaban J connectivity index is 1.70. The number of para-hydroxylation sites is 1. The zero-order valence-corrected chi connectivity index (χ0v) is 15.7. The molecule has 1 aliphatic carbocycles. The van der Waals surface area contributed by atoms with Crippen LogP contribution >= 0.6 is 0 Å². The van der Waals surface area contributed by atoms with Crippen LogP contribution in [0.1, 0.15) is 54.9 Å². The summed E-state index contributed by atoms with van der Waals surface area (Å²) in [5, 5.41) is 10.0. The molecule has 0 fully saturated rings.